The minimum Gasteiger partial charge on any atom is -0.350 e. The number of pyridine rings is 1. The van der Waals surface area contributed by atoms with Gasteiger partial charge in [0.15, 0.2) is 0 Å². The second-order valence-corrected chi connectivity index (χ2v) is 8.57. The molecule has 0 unspecified atom stereocenters. The van der Waals surface area contributed by atoms with Gasteiger partial charge in [0.25, 0.3) is 0 Å². The molecule has 1 aliphatic heterocycles. The molecule has 0 aliphatic carbocycles. The Labute approximate surface area is 158 Å². The summed E-state index contributed by atoms with van der Waals surface area (Å²) in [6, 6.07) is 9.29. The van der Waals surface area contributed by atoms with Crippen LogP contribution in [-0.4, -0.2) is 36.7 Å². The fraction of sp³-hybridized carbons (Fsp3) is 0.368. The molecule has 1 N–H and O–H groups in total. The van der Waals surface area contributed by atoms with Gasteiger partial charge in [0.05, 0.1) is 17.1 Å². The largest absolute Gasteiger partial charge is 0.350 e. The van der Waals surface area contributed by atoms with Crippen LogP contribution in [0.25, 0.3) is 0 Å². The molecule has 0 radical (unpaired) electrons. The molecule has 0 saturated carbocycles. The van der Waals surface area contributed by atoms with Crippen LogP contribution in [0.5, 0.6) is 0 Å². The van der Waals surface area contributed by atoms with Gasteiger partial charge in [-0.15, -0.1) is 0 Å². The number of aromatic nitrogens is 1. The number of amides is 1. The zero-order valence-corrected chi connectivity index (χ0v) is 15.9. The SMILES string of the molecule is Cc1cc(S(=O)(=O)N2CCC(C(=O)NCc3ccccn3)CC2)ccc1F. The van der Waals surface area contributed by atoms with Crippen molar-refractivity contribution < 1.29 is 17.6 Å². The van der Waals surface area contributed by atoms with Gasteiger partial charge >= 0.3 is 0 Å². The number of piperidine rings is 1. The van der Waals surface area contributed by atoms with E-state index in [9.17, 15) is 17.6 Å². The normalized spacial score (nSPS) is 16.2. The quantitative estimate of drug-likeness (QED) is 0.848. The van der Waals surface area contributed by atoms with Crippen molar-refractivity contribution in [2.75, 3.05) is 13.1 Å². The van der Waals surface area contributed by atoms with E-state index in [4.69, 9.17) is 0 Å². The number of sulfonamides is 1. The lowest BCUT2D eigenvalue weighted by Gasteiger charge is -2.30. The molecular weight excluding hydrogens is 369 g/mol. The number of carbonyl (C=O) groups is 1. The zero-order chi connectivity index (χ0) is 19.4. The van der Waals surface area contributed by atoms with E-state index < -0.39 is 15.8 Å². The Kier molecular flexibility index (Phi) is 5.86. The highest BCUT2D eigenvalue weighted by Gasteiger charge is 2.32. The van der Waals surface area contributed by atoms with Crippen LogP contribution in [0, 0.1) is 18.7 Å². The second-order valence-electron chi connectivity index (χ2n) is 6.63. The molecule has 144 valence electrons. The Morgan fingerprint density at radius 1 is 1.26 bits per heavy atom. The molecule has 1 fully saturated rings. The number of benzene rings is 1. The molecule has 3 rings (SSSR count). The standard InChI is InChI=1S/C19H22FN3O3S/c1-14-12-17(5-6-18(14)20)27(25,26)23-10-7-15(8-11-23)19(24)22-13-16-4-2-3-9-21-16/h2-6,9,12,15H,7-8,10-11,13H2,1H3,(H,22,24). The van der Waals surface area contributed by atoms with Gasteiger partial charge in [0.2, 0.25) is 15.9 Å². The van der Waals surface area contributed by atoms with E-state index in [-0.39, 0.29) is 29.8 Å². The topological polar surface area (TPSA) is 79.4 Å². The fourth-order valence-corrected chi connectivity index (χ4v) is 4.67. The van der Waals surface area contributed by atoms with E-state index in [1.54, 1.807) is 6.20 Å². The predicted molar refractivity (Wildman–Crippen MR) is 98.7 cm³/mol. The van der Waals surface area contributed by atoms with E-state index in [0.29, 0.717) is 24.9 Å². The molecular formula is C19H22FN3O3S. The first kappa shape index (κ1) is 19.4. The summed E-state index contributed by atoms with van der Waals surface area (Å²) in [5.41, 5.74) is 1.07. The van der Waals surface area contributed by atoms with E-state index >= 15 is 0 Å². The van der Waals surface area contributed by atoms with Crippen LogP contribution in [0.4, 0.5) is 4.39 Å². The maximum atomic E-state index is 13.4. The third-order valence-corrected chi connectivity index (χ3v) is 6.66. The monoisotopic (exact) mass is 391 g/mol. The number of hydrogen-bond donors (Lipinski definition) is 1. The van der Waals surface area contributed by atoms with Crippen LogP contribution in [0.2, 0.25) is 0 Å². The summed E-state index contributed by atoms with van der Waals surface area (Å²) < 4.78 is 40.2. The summed E-state index contributed by atoms with van der Waals surface area (Å²) >= 11 is 0. The van der Waals surface area contributed by atoms with Crippen LogP contribution in [0.1, 0.15) is 24.1 Å². The number of hydrogen-bond acceptors (Lipinski definition) is 4. The van der Waals surface area contributed by atoms with Crippen molar-refractivity contribution in [2.24, 2.45) is 5.92 Å². The number of carbonyl (C=O) groups excluding carboxylic acids is 1. The summed E-state index contributed by atoms with van der Waals surface area (Å²) in [5.74, 6) is -0.748. The van der Waals surface area contributed by atoms with Gasteiger partial charge in [-0.05, 0) is 55.7 Å². The van der Waals surface area contributed by atoms with Gasteiger partial charge in [-0.3, -0.25) is 9.78 Å². The van der Waals surface area contributed by atoms with Gasteiger partial charge in [-0.25, -0.2) is 12.8 Å². The zero-order valence-electron chi connectivity index (χ0n) is 15.1. The molecule has 1 aromatic heterocycles. The Morgan fingerprint density at radius 3 is 2.63 bits per heavy atom. The first-order chi connectivity index (χ1) is 12.9. The molecule has 1 aliphatic rings. The molecule has 0 atom stereocenters. The molecule has 0 spiro atoms. The van der Waals surface area contributed by atoms with Crippen molar-refractivity contribution in [1.82, 2.24) is 14.6 Å². The Morgan fingerprint density at radius 2 is 2.00 bits per heavy atom. The highest BCUT2D eigenvalue weighted by atomic mass is 32.2. The van der Waals surface area contributed by atoms with E-state index in [0.717, 1.165) is 5.69 Å². The molecule has 27 heavy (non-hydrogen) atoms. The Balaban J connectivity index is 1.57. The molecule has 1 amide bonds. The van der Waals surface area contributed by atoms with Crippen molar-refractivity contribution in [3.63, 3.8) is 0 Å². The van der Waals surface area contributed by atoms with E-state index in [1.165, 1.54) is 29.4 Å². The summed E-state index contributed by atoms with van der Waals surface area (Å²) in [6.07, 6.45) is 2.57. The third kappa shape index (κ3) is 4.51. The molecule has 2 heterocycles. The van der Waals surface area contributed by atoms with E-state index in [2.05, 4.69) is 10.3 Å². The number of rotatable bonds is 5. The van der Waals surface area contributed by atoms with Crippen molar-refractivity contribution in [3.8, 4) is 0 Å². The van der Waals surface area contributed by atoms with Crippen LogP contribution in [0.3, 0.4) is 0 Å². The predicted octanol–water partition coefficient (Wildman–Crippen LogP) is 2.25. The minimum absolute atomic E-state index is 0.0828. The average molecular weight is 391 g/mol. The number of nitrogens with one attached hydrogen (secondary N) is 1. The molecule has 0 bridgehead atoms. The lowest BCUT2D eigenvalue weighted by Crippen LogP contribution is -2.42. The molecule has 1 aromatic carbocycles. The van der Waals surface area contributed by atoms with Gasteiger partial charge in [0, 0.05) is 25.2 Å². The fourth-order valence-electron chi connectivity index (χ4n) is 3.11. The summed E-state index contributed by atoms with van der Waals surface area (Å²) in [4.78, 5) is 16.6. The number of aryl methyl sites for hydroxylation is 1. The number of halogens is 1. The van der Waals surface area contributed by atoms with E-state index in [1.807, 2.05) is 18.2 Å². The smallest absolute Gasteiger partial charge is 0.243 e. The second kappa shape index (κ2) is 8.14. The van der Waals surface area contributed by atoms with Crippen molar-refractivity contribution in [2.45, 2.75) is 31.2 Å². The molecule has 1 saturated heterocycles. The van der Waals surface area contributed by atoms with Crippen LogP contribution >= 0.6 is 0 Å². The Bertz CT molecular complexity index is 911. The van der Waals surface area contributed by atoms with Gasteiger partial charge in [0.1, 0.15) is 5.82 Å². The summed E-state index contributed by atoms with van der Waals surface area (Å²) in [5, 5.41) is 2.86. The maximum absolute atomic E-state index is 13.4. The van der Waals surface area contributed by atoms with Crippen molar-refractivity contribution in [3.05, 3.63) is 59.7 Å². The lowest BCUT2D eigenvalue weighted by molar-refractivity contribution is -0.126. The lowest BCUT2D eigenvalue weighted by atomic mass is 9.97. The maximum Gasteiger partial charge on any atom is 0.243 e. The average Bonchev–Trinajstić information content (AvgIpc) is 2.69. The minimum atomic E-state index is -3.68. The Hall–Kier alpha value is -2.32. The number of nitrogens with zero attached hydrogens (tertiary/aromatic N) is 2. The van der Waals surface area contributed by atoms with Gasteiger partial charge in [-0.1, -0.05) is 6.07 Å². The molecule has 8 heteroatoms. The first-order valence-electron chi connectivity index (χ1n) is 8.82. The molecule has 6 nitrogen and oxygen atoms in total. The van der Waals surface area contributed by atoms with Crippen LogP contribution in [0.15, 0.2) is 47.5 Å². The van der Waals surface area contributed by atoms with Crippen molar-refractivity contribution in [1.29, 1.82) is 0 Å². The highest BCUT2D eigenvalue weighted by Crippen LogP contribution is 2.25. The van der Waals surface area contributed by atoms with Gasteiger partial charge < -0.3 is 5.32 Å². The third-order valence-electron chi connectivity index (χ3n) is 4.76. The van der Waals surface area contributed by atoms with Gasteiger partial charge in [-0.2, -0.15) is 4.31 Å². The van der Waals surface area contributed by atoms with Crippen LogP contribution in [-0.2, 0) is 21.4 Å². The summed E-state index contributed by atoms with van der Waals surface area (Å²) in [6.45, 7) is 2.42. The summed E-state index contributed by atoms with van der Waals surface area (Å²) in [7, 11) is -3.68. The highest BCUT2D eigenvalue weighted by molar-refractivity contribution is 7.89. The first-order valence-corrected chi connectivity index (χ1v) is 10.3. The van der Waals surface area contributed by atoms with Crippen LogP contribution < -0.4 is 5.32 Å². The van der Waals surface area contributed by atoms with Crippen molar-refractivity contribution >= 4 is 15.9 Å². The molecule has 2 aromatic rings.